The molecule has 0 aliphatic heterocycles. The van der Waals surface area contributed by atoms with Crippen LogP contribution in [0.2, 0.25) is 0 Å². The molecule has 0 bridgehead atoms. The van der Waals surface area contributed by atoms with Crippen molar-refractivity contribution in [3.8, 4) is 5.75 Å². The number of carbonyl (C=O) groups excluding carboxylic acids is 1. The van der Waals surface area contributed by atoms with Crippen LogP contribution in [-0.2, 0) is 21.4 Å². The summed E-state index contributed by atoms with van der Waals surface area (Å²) >= 11 is 0. The molecule has 188 valence electrons. The number of amides is 1. The van der Waals surface area contributed by atoms with Gasteiger partial charge in [-0.3, -0.25) is 10.0 Å². The van der Waals surface area contributed by atoms with Gasteiger partial charge in [-0.25, -0.2) is 13.9 Å². The molecule has 1 aliphatic carbocycles. The number of sulfonamides is 1. The first kappa shape index (κ1) is 28.1. The number of rotatable bonds is 9. The molecule has 1 saturated carbocycles. The number of nitrogens with one attached hydrogen (secondary N) is 1. The predicted molar refractivity (Wildman–Crippen MR) is 133 cm³/mol. The number of hydrogen-bond acceptors (Lipinski definition) is 6. The van der Waals surface area contributed by atoms with Crippen LogP contribution in [0, 0.1) is 5.92 Å². The molecule has 1 fully saturated rings. The molecular weight excluding hydrogens is 478 g/mol. The van der Waals surface area contributed by atoms with Gasteiger partial charge in [0.05, 0.1) is 12.0 Å². The SMILES string of the molecule is COc1ccc(S(=O)(=O)N(Cc2ccccc2)[C@@H](C(=O)NO)[C@H]2CC[C@H](N(C)C)CC2)cc1.Cl. The fraction of sp³-hybridized carbons (Fsp3) is 0.458. The molecule has 0 saturated heterocycles. The van der Waals surface area contributed by atoms with E-state index in [4.69, 9.17) is 4.74 Å². The Morgan fingerprint density at radius 2 is 1.65 bits per heavy atom. The first-order valence-electron chi connectivity index (χ1n) is 11.1. The zero-order valence-corrected chi connectivity index (χ0v) is 21.4. The Bertz CT molecular complexity index is 1010. The summed E-state index contributed by atoms with van der Waals surface area (Å²) in [5, 5.41) is 9.55. The highest BCUT2D eigenvalue weighted by Gasteiger charge is 2.42. The van der Waals surface area contributed by atoms with Crippen LogP contribution in [0.15, 0.2) is 59.5 Å². The molecule has 2 aromatic rings. The lowest BCUT2D eigenvalue weighted by atomic mass is 9.80. The van der Waals surface area contributed by atoms with Crippen LogP contribution in [0.25, 0.3) is 0 Å². The quantitative estimate of drug-likeness (QED) is 0.396. The summed E-state index contributed by atoms with van der Waals surface area (Å²) in [4.78, 5) is 15.2. The van der Waals surface area contributed by atoms with Gasteiger partial charge < -0.3 is 9.64 Å². The van der Waals surface area contributed by atoms with Gasteiger partial charge in [0.15, 0.2) is 0 Å². The fourth-order valence-corrected chi connectivity index (χ4v) is 6.20. The maximum atomic E-state index is 13.8. The molecule has 1 amide bonds. The van der Waals surface area contributed by atoms with Crippen molar-refractivity contribution in [3.05, 3.63) is 60.2 Å². The highest BCUT2D eigenvalue weighted by atomic mass is 35.5. The van der Waals surface area contributed by atoms with Gasteiger partial charge in [-0.15, -0.1) is 12.4 Å². The Morgan fingerprint density at radius 1 is 1.06 bits per heavy atom. The summed E-state index contributed by atoms with van der Waals surface area (Å²) in [6.07, 6.45) is 3.08. The number of hydrogen-bond donors (Lipinski definition) is 2. The topological polar surface area (TPSA) is 99.2 Å². The molecule has 0 unspecified atom stereocenters. The number of ether oxygens (including phenoxy) is 1. The summed E-state index contributed by atoms with van der Waals surface area (Å²) in [6.45, 7) is 0.0148. The van der Waals surface area contributed by atoms with Gasteiger partial charge >= 0.3 is 0 Å². The van der Waals surface area contributed by atoms with Crippen molar-refractivity contribution in [3.63, 3.8) is 0 Å². The number of benzene rings is 2. The maximum Gasteiger partial charge on any atom is 0.262 e. The molecule has 2 aromatic carbocycles. The third kappa shape index (κ3) is 6.49. The second-order valence-electron chi connectivity index (χ2n) is 8.66. The lowest BCUT2D eigenvalue weighted by Gasteiger charge is -2.39. The summed E-state index contributed by atoms with van der Waals surface area (Å²) in [5.41, 5.74) is 2.49. The molecule has 34 heavy (non-hydrogen) atoms. The Labute approximate surface area is 208 Å². The molecule has 2 N–H and O–H groups in total. The first-order valence-corrected chi connectivity index (χ1v) is 12.5. The summed E-state index contributed by atoms with van der Waals surface area (Å²) in [6, 6.07) is 14.6. The second-order valence-corrected chi connectivity index (χ2v) is 10.6. The van der Waals surface area contributed by atoms with Crippen molar-refractivity contribution < 1.29 is 23.2 Å². The minimum atomic E-state index is -4.06. The molecule has 3 rings (SSSR count). The first-order chi connectivity index (χ1) is 15.8. The number of nitrogens with zero attached hydrogens (tertiary/aromatic N) is 2. The Hall–Kier alpha value is -2.17. The Balaban J connectivity index is 0.00000408. The van der Waals surface area contributed by atoms with Gasteiger partial charge in [0.25, 0.3) is 5.91 Å². The molecular formula is C24H34ClN3O5S. The molecule has 0 heterocycles. The second kappa shape index (κ2) is 12.5. The lowest BCUT2D eigenvalue weighted by Crippen LogP contribution is -2.53. The average Bonchev–Trinajstić information content (AvgIpc) is 2.84. The fourth-order valence-electron chi connectivity index (χ4n) is 4.56. The van der Waals surface area contributed by atoms with Gasteiger partial charge in [0.1, 0.15) is 11.8 Å². The van der Waals surface area contributed by atoms with Crippen molar-refractivity contribution in [2.45, 2.75) is 49.2 Å². The minimum Gasteiger partial charge on any atom is -0.497 e. The third-order valence-corrected chi connectivity index (χ3v) is 8.30. The maximum absolute atomic E-state index is 13.8. The van der Waals surface area contributed by atoms with E-state index in [1.165, 1.54) is 23.5 Å². The van der Waals surface area contributed by atoms with E-state index in [2.05, 4.69) is 4.90 Å². The molecule has 10 heteroatoms. The van der Waals surface area contributed by atoms with Gasteiger partial charge in [-0.1, -0.05) is 30.3 Å². The van der Waals surface area contributed by atoms with Gasteiger partial charge in [-0.05, 0) is 75.5 Å². The smallest absolute Gasteiger partial charge is 0.262 e. The standard InChI is InChI=1S/C24H33N3O5S.ClH/c1-26(2)20-11-9-19(10-12-20)23(24(28)25-29)27(17-18-7-5-4-6-8-18)33(30,31)22-15-13-21(32-3)14-16-22;/h4-8,13-16,19-20,23,29H,9-12,17H2,1-3H3,(H,25,28);1H/t19-,20-,23-;/m1./s1. The highest BCUT2D eigenvalue weighted by Crippen LogP contribution is 2.34. The van der Waals surface area contributed by atoms with Crippen LogP contribution < -0.4 is 10.2 Å². The normalized spacial score (nSPS) is 19.4. The summed E-state index contributed by atoms with van der Waals surface area (Å²) in [5.74, 6) is -0.392. The van der Waals surface area contributed by atoms with Crippen molar-refractivity contribution in [2.24, 2.45) is 5.92 Å². The molecule has 0 spiro atoms. The highest BCUT2D eigenvalue weighted by molar-refractivity contribution is 7.89. The van der Waals surface area contributed by atoms with E-state index in [0.29, 0.717) is 24.6 Å². The van der Waals surface area contributed by atoms with E-state index in [-0.39, 0.29) is 29.8 Å². The predicted octanol–water partition coefficient (Wildman–Crippen LogP) is 3.30. The molecule has 1 aliphatic rings. The van der Waals surface area contributed by atoms with E-state index in [1.54, 1.807) is 17.6 Å². The number of halogens is 1. The van der Waals surface area contributed by atoms with E-state index in [1.807, 2.05) is 44.4 Å². The lowest BCUT2D eigenvalue weighted by molar-refractivity contribution is -0.135. The zero-order chi connectivity index (χ0) is 24.0. The van der Waals surface area contributed by atoms with Crippen LogP contribution in [-0.4, -0.2) is 62.0 Å². The monoisotopic (exact) mass is 511 g/mol. The van der Waals surface area contributed by atoms with Crippen LogP contribution in [0.4, 0.5) is 0 Å². The summed E-state index contributed by atoms with van der Waals surface area (Å²) in [7, 11) is 1.50. The number of carbonyl (C=O) groups is 1. The zero-order valence-electron chi connectivity index (χ0n) is 19.8. The van der Waals surface area contributed by atoms with Gasteiger partial charge in [0, 0.05) is 12.6 Å². The largest absolute Gasteiger partial charge is 0.497 e. The molecule has 0 radical (unpaired) electrons. The average molecular weight is 512 g/mol. The van der Waals surface area contributed by atoms with Crippen molar-refractivity contribution in [1.82, 2.24) is 14.7 Å². The van der Waals surface area contributed by atoms with E-state index < -0.39 is 22.0 Å². The van der Waals surface area contributed by atoms with Crippen LogP contribution >= 0.6 is 12.4 Å². The Kier molecular flexibility index (Phi) is 10.3. The number of hydroxylamine groups is 1. The van der Waals surface area contributed by atoms with Gasteiger partial charge in [-0.2, -0.15) is 4.31 Å². The van der Waals surface area contributed by atoms with E-state index in [9.17, 15) is 18.4 Å². The van der Waals surface area contributed by atoms with Crippen molar-refractivity contribution >= 4 is 28.3 Å². The Morgan fingerprint density at radius 3 is 2.15 bits per heavy atom. The summed E-state index contributed by atoms with van der Waals surface area (Å²) < 4.78 is 34.0. The molecule has 8 nitrogen and oxygen atoms in total. The van der Waals surface area contributed by atoms with Crippen molar-refractivity contribution in [2.75, 3.05) is 21.2 Å². The minimum absolute atomic E-state index is 0. The van der Waals surface area contributed by atoms with E-state index >= 15 is 0 Å². The van der Waals surface area contributed by atoms with E-state index in [0.717, 1.165) is 18.4 Å². The van der Waals surface area contributed by atoms with Crippen LogP contribution in [0.5, 0.6) is 5.75 Å². The number of methoxy groups -OCH3 is 1. The third-order valence-electron chi connectivity index (χ3n) is 6.45. The van der Waals surface area contributed by atoms with Crippen LogP contribution in [0.3, 0.4) is 0 Å². The molecule has 1 atom stereocenters. The molecule has 0 aromatic heterocycles. The van der Waals surface area contributed by atoms with Crippen LogP contribution in [0.1, 0.15) is 31.2 Å². The van der Waals surface area contributed by atoms with Gasteiger partial charge in [0.2, 0.25) is 10.0 Å². The van der Waals surface area contributed by atoms with Crippen molar-refractivity contribution in [1.29, 1.82) is 0 Å².